The molecule has 0 saturated carbocycles. The van der Waals surface area contributed by atoms with Crippen LogP contribution < -0.4 is 20.7 Å². The lowest BCUT2D eigenvalue weighted by molar-refractivity contribution is 0.284. The normalized spacial score (nSPS) is 11.2. The van der Waals surface area contributed by atoms with E-state index < -0.39 is 11.2 Å². The Kier molecular flexibility index (Phi) is 6.57. The molecule has 0 amide bonds. The zero-order valence-corrected chi connectivity index (χ0v) is 20.0. The van der Waals surface area contributed by atoms with E-state index in [9.17, 15) is 9.59 Å². The standard InChI is InChI=1S/C23H17Br2N3O4/c1-31-20-10-15(18(25)11-21(20)32-13-14-6-8-16(24)9-7-14)12-26-28-22(29)17-4-2-3-5-19(17)27-23(28)30/h2-12H,13H2,1H3,(H,27,30). The zero-order valence-electron chi connectivity index (χ0n) is 16.8. The summed E-state index contributed by atoms with van der Waals surface area (Å²) in [4.78, 5) is 27.6. The third-order valence-electron chi connectivity index (χ3n) is 4.69. The molecule has 0 saturated heterocycles. The van der Waals surface area contributed by atoms with Gasteiger partial charge in [-0.1, -0.05) is 40.2 Å². The van der Waals surface area contributed by atoms with Crippen LogP contribution in [0.1, 0.15) is 11.1 Å². The molecule has 0 aliphatic rings. The van der Waals surface area contributed by atoms with Crippen molar-refractivity contribution in [3.63, 3.8) is 0 Å². The molecule has 0 atom stereocenters. The van der Waals surface area contributed by atoms with Gasteiger partial charge < -0.3 is 14.5 Å². The number of fused-ring (bicyclic) bond motifs is 1. The number of rotatable bonds is 6. The molecule has 0 aliphatic carbocycles. The number of nitrogens with zero attached hydrogens (tertiary/aromatic N) is 2. The number of aromatic amines is 1. The summed E-state index contributed by atoms with van der Waals surface area (Å²) in [5.41, 5.74) is 0.953. The molecule has 32 heavy (non-hydrogen) atoms. The lowest BCUT2D eigenvalue weighted by atomic mass is 10.2. The van der Waals surface area contributed by atoms with Gasteiger partial charge in [-0.3, -0.25) is 4.79 Å². The van der Waals surface area contributed by atoms with Crippen LogP contribution in [0.5, 0.6) is 11.5 Å². The number of benzene rings is 3. The number of halogens is 2. The van der Waals surface area contributed by atoms with Gasteiger partial charge in [0, 0.05) is 14.5 Å². The van der Waals surface area contributed by atoms with Gasteiger partial charge >= 0.3 is 5.69 Å². The van der Waals surface area contributed by atoms with E-state index in [0.717, 1.165) is 14.7 Å². The summed E-state index contributed by atoms with van der Waals surface area (Å²) in [5.74, 6) is 1.03. The summed E-state index contributed by atoms with van der Waals surface area (Å²) in [5, 5.41) is 4.47. The second kappa shape index (κ2) is 9.54. The second-order valence-corrected chi connectivity index (χ2v) is 8.55. The largest absolute Gasteiger partial charge is 0.493 e. The lowest BCUT2D eigenvalue weighted by Crippen LogP contribution is -2.32. The van der Waals surface area contributed by atoms with E-state index in [1.54, 1.807) is 36.4 Å². The average molecular weight is 559 g/mol. The number of ether oxygens (including phenoxy) is 2. The van der Waals surface area contributed by atoms with Crippen molar-refractivity contribution in [1.29, 1.82) is 0 Å². The average Bonchev–Trinajstić information content (AvgIpc) is 2.79. The first-order valence-corrected chi connectivity index (χ1v) is 11.1. The van der Waals surface area contributed by atoms with Crippen molar-refractivity contribution in [2.24, 2.45) is 5.10 Å². The number of H-pyrrole nitrogens is 1. The van der Waals surface area contributed by atoms with E-state index in [1.165, 1.54) is 13.3 Å². The molecular weight excluding hydrogens is 542 g/mol. The number of aromatic nitrogens is 2. The van der Waals surface area contributed by atoms with E-state index in [1.807, 2.05) is 24.3 Å². The van der Waals surface area contributed by atoms with E-state index in [2.05, 4.69) is 41.9 Å². The predicted molar refractivity (Wildman–Crippen MR) is 131 cm³/mol. The molecule has 0 unspecified atom stereocenters. The molecule has 4 rings (SSSR count). The summed E-state index contributed by atoms with van der Waals surface area (Å²) < 4.78 is 13.8. The summed E-state index contributed by atoms with van der Waals surface area (Å²) in [6, 6.07) is 18.1. The number of para-hydroxylation sites is 1. The van der Waals surface area contributed by atoms with Crippen LogP contribution in [0.2, 0.25) is 0 Å². The van der Waals surface area contributed by atoms with E-state index in [4.69, 9.17) is 9.47 Å². The quantitative estimate of drug-likeness (QED) is 0.348. The molecule has 1 N–H and O–H groups in total. The molecule has 9 heteroatoms. The summed E-state index contributed by atoms with van der Waals surface area (Å²) in [7, 11) is 1.54. The molecule has 3 aromatic carbocycles. The van der Waals surface area contributed by atoms with Gasteiger partial charge in [0.15, 0.2) is 11.5 Å². The van der Waals surface area contributed by atoms with Gasteiger partial charge in [-0.2, -0.15) is 5.10 Å². The van der Waals surface area contributed by atoms with Gasteiger partial charge in [0.1, 0.15) is 6.61 Å². The Balaban J connectivity index is 1.63. The highest BCUT2D eigenvalue weighted by Gasteiger charge is 2.11. The van der Waals surface area contributed by atoms with Gasteiger partial charge in [-0.25, -0.2) is 4.79 Å². The fourth-order valence-electron chi connectivity index (χ4n) is 3.04. The monoisotopic (exact) mass is 557 g/mol. The highest BCUT2D eigenvalue weighted by Crippen LogP contribution is 2.33. The Labute approximate surface area is 199 Å². The van der Waals surface area contributed by atoms with Crippen LogP contribution in [0.3, 0.4) is 0 Å². The molecule has 0 fully saturated rings. The van der Waals surface area contributed by atoms with Crippen molar-refractivity contribution in [3.05, 3.63) is 102 Å². The van der Waals surface area contributed by atoms with Gasteiger partial charge in [0.05, 0.1) is 24.2 Å². The van der Waals surface area contributed by atoms with Gasteiger partial charge in [0.25, 0.3) is 5.56 Å². The van der Waals surface area contributed by atoms with Crippen LogP contribution in [-0.2, 0) is 6.61 Å². The number of hydrogen-bond donors (Lipinski definition) is 1. The fraction of sp³-hybridized carbons (Fsp3) is 0.0870. The van der Waals surface area contributed by atoms with Crippen LogP contribution in [-0.4, -0.2) is 23.0 Å². The van der Waals surface area contributed by atoms with Crippen molar-refractivity contribution >= 4 is 49.0 Å². The predicted octanol–water partition coefficient (Wildman–Crippen LogP) is 4.68. The van der Waals surface area contributed by atoms with E-state index >= 15 is 0 Å². The minimum atomic E-state index is -0.623. The van der Waals surface area contributed by atoms with Crippen LogP contribution >= 0.6 is 31.9 Å². The van der Waals surface area contributed by atoms with Crippen molar-refractivity contribution in [1.82, 2.24) is 9.66 Å². The smallest absolute Gasteiger partial charge is 0.349 e. The Hall–Kier alpha value is -3.17. The SMILES string of the molecule is COc1cc(C=Nn2c(=O)[nH]c3ccccc3c2=O)c(Br)cc1OCc1ccc(Br)cc1. The Morgan fingerprint density at radius 3 is 2.53 bits per heavy atom. The number of methoxy groups -OCH3 is 1. The van der Waals surface area contributed by atoms with Crippen molar-refractivity contribution in [2.45, 2.75) is 6.61 Å². The second-order valence-electron chi connectivity index (χ2n) is 6.78. The minimum absolute atomic E-state index is 0.366. The van der Waals surface area contributed by atoms with Gasteiger partial charge in [0.2, 0.25) is 0 Å². The summed E-state index contributed by atoms with van der Waals surface area (Å²) >= 11 is 6.90. The maximum Gasteiger partial charge on any atom is 0.349 e. The third-order valence-corrected chi connectivity index (χ3v) is 5.90. The maximum absolute atomic E-state index is 12.6. The maximum atomic E-state index is 12.6. The first-order chi connectivity index (χ1) is 15.5. The van der Waals surface area contributed by atoms with Crippen LogP contribution in [0.15, 0.2) is 84.3 Å². The molecule has 7 nitrogen and oxygen atoms in total. The summed E-state index contributed by atoms with van der Waals surface area (Å²) in [6.45, 7) is 0.366. The number of nitrogens with one attached hydrogen (secondary N) is 1. The van der Waals surface area contributed by atoms with Crippen molar-refractivity contribution in [2.75, 3.05) is 7.11 Å². The molecule has 0 bridgehead atoms. The first-order valence-electron chi connectivity index (χ1n) is 9.49. The van der Waals surface area contributed by atoms with Gasteiger partial charge in [-0.05, 0) is 57.9 Å². The molecule has 1 aromatic heterocycles. The lowest BCUT2D eigenvalue weighted by Gasteiger charge is -2.13. The third kappa shape index (κ3) is 4.68. The molecule has 162 valence electrons. The molecule has 0 spiro atoms. The van der Waals surface area contributed by atoms with Crippen LogP contribution in [0, 0.1) is 0 Å². The summed E-state index contributed by atoms with van der Waals surface area (Å²) in [6.07, 6.45) is 1.41. The minimum Gasteiger partial charge on any atom is -0.493 e. The van der Waals surface area contributed by atoms with Crippen LogP contribution in [0.4, 0.5) is 0 Å². The van der Waals surface area contributed by atoms with E-state index in [-0.39, 0.29) is 0 Å². The first kappa shape index (κ1) is 22.0. The zero-order chi connectivity index (χ0) is 22.7. The van der Waals surface area contributed by atoms with Gasteiger partial charge in [-0.15, -0.1) is 4.68 Å². The molecular formula is C23H17Br2N3O4. The Morgan fingerprint density at radius 2 is 1.78 bits per heavy atom. The Morgan fingerprint density at radius 1 is 1.03 bits per heavy atom. The topological polar surface area (TPSA) is 85.7 Å². The number of hydrogen-bond acceptors (Lipinski definition) is 5. The molecule has 1 heterocycles. The highest BCUT2D eigenvalue weighted by atomic mass is 79.9. The highest BCUT2D eigenvalue weighted by molar-refractivity contribution is 9.10. The Bertz CT molecular complexity index is 1430. The van der Waals surface area contributed by atoms with Crippen LogP contribution in [0.25, 0.3) is 10.9 Å². The van der Waals surface area contributed by atoms with Crippen molar-refractivity contribution < 1.29 is 9.47 Å². The van der Waals surface area contributed by atoms with E-state index in [0.29, 0.717) is 39.0 Å². The van der Waals surface area contributed by atoms with Crippen molar-refractivity contribution in [3.8, 4) is 11.5 Å². The molecule has 4 aromatic rings. The molecule has 0 aliphatic heterocycles. The molecule has 0 radical (unpaired) electrons. The fourth-order valence-corrected chi connectivity index (χ4v) is 3.73.